The van der Waals surface area contributed by atoms with Gasteiger partial charge >= 0.3 is 17.9 Å². The lowest BCUT2D eigenvalue weighted by molar-refractivity contribution is -0.154. The number of halogens is 1. The molecule has 3 aromatic carbocycles. The molecule has 0 bridgehead atoms. The van der Waals surface area contributed by atoms with Crippen molar-refractivity contribution in [2.75, 3.05) is 19.8 Å². The Morgan fingerprint density at radius 1 is 0.614 bits per heavy atom. The molecule has 0 saturated carbocycles. The van der Waals surface area contributed by atoms with Crippen LogP contribution in [0.15, 0.2) is 72.8 Å². The van der Waals surface area contributed by atoms with E-state index in [0.717, 1.165) is 29.5 Å². The summed E-state index contributed by atoms with van der Waals surface area (Å²) >= 11 is 0. The molecule has 8 heteroatoms. The molecule has 0 saturated heterocycles. The number of carbonyl (C=O) groups is 3. The van der Waals surface area contributed by atoms with Gasteiger partial charge in [-0.1, -0.05) is 110 Å². The topological polar surface area (TPSA) is 99.1 Å². The van der Waals surface area contributed by atoms with Crippen LogP contribution in [0.25, 0.3) is 0 Å². The van der Waals surface area contributed by atoms with E-state index >= 15 is 0 Å². The summed E-state index contributed by atoms with van der Waals surface area (Å²) in [5.74, 6) is -1.53. The lowest BCUT2D eigenvalue weighted by atomic mass is 10.1. The quantitative estimate of drug-likeness (QED) is 0.168. The standard InChI is InChI=1S/C12H15FO2.C12H16O3.C12H16O2/c2*1-3-8-15-12(14)11(13)10-6-4-9(2)5-7-10;1-3-8-14-12(13)9-11-6-4-10(2)5-7-11/h4-7,11H,3,8H2,1-2H3;4-7,11,13H,3,8H2,1-2H3;4-7H,3,8-9H2,1-2H3/t2*11-;/m10./s1. The van der Waals surface area contributed by atoms with Crippen LogP contribution in [0, 0.1) is 20.8 Å². The lowest BCUT2D eigenvalue weighted by Gasteiger charge is -2.10. The van der Waals surface area contributed by atoms with Crippen LogP contribution in [0.4, 0.5) is 4.39 Å². The van der Waals surface area contributed by atoms with E-state index in [1.165, 1.54) is 5.56 Å². The largest absolute Gasteiger partial charge is 0.465 e. The van der Waals surface area contributed by atoms with Gasteiger partial charge in [-0.05, 0) is 56.7 Å². The highest BCUT2D eigenvalue weighted by molar-refractivity contribution is 5.76. The zero-order valence-electron chi connectivity index (χ0n) is 26.8. The van der Waals surface area contributed by atoms with Crippen LogP contribution in [0.5, 0.6) is 0 Å². The number of aliphatic hydroxyl groups is 1. The molecule has 0 aliphatic carbocycles. The Hall–Kier alpha value is -4.04. The zero-order valence-corrected chi connectivity index (χ0v) is 26.8. The normalized spacial score (nSPS) is 11.5. The number of hydrogen-bond acceptors (Lipinski definition) is 7. The summed E-state index contributed by atoms with van der Waals surface area (Å²) in [5.41, 5.74) is 5.26. The Morgan fingerprint density at radius 3 is 1.45 bits per heavy atom. The van der Waals surface area contributed by atoms with Crippen molar-refractivity contribution in [3.63, 3.8) is 0 Å². The van der Waals surface area contributed by atoms with Crippen LogP contribution in [-0.2, 0) is 35.0 Å². The molecule has 2 atom stereocenters. The molecule has 0 aliphatic heterocycles. The van der Waals surface area contributed by atoms with E-state index < -0.39 is 24.2 Å². The molecule has 7 nitrogen and oxygen atoms in total. The van der Waals surface area contributed by atoms with Crippen molar-refractivity contribution < 1.29 is 38.1 Å². The molecule has 44 heavy (non-hydrogen) atoms. The monoisotopic (exact) mass is 610 g/mol. The van der Waals surface area contributed by atoms with Gasteiger partial charge in [0.15, 0.2) is 6.10 Å². The summed E-state index contributed by atoms with van der Waals surface area (Å²) in [6.45, 7) is 12.8. The highest BCUT2D eigenvalue weighted by Crippen LogP contribution is 2.19. The van der Waals surface area contributed by atoms with Crippen molar-refractivity contribution in [1.82, 2.24) is 0 Å². The minimum Gasteiger partial charge on any atom is -0.465 e. The summed E-state index contributed by atoms with van der Waals surface area (Å²) in [7, 11) is 0. The summed E-state index contributed by atoms with van der Waals surface area (Å²) in [6.07, 6.45) is -0.132. The third kappa shape index (κ3) is 15.4. The first-order valence-corrected chi connectivity index (χ1v) is 15.0. The van der Waals surface area contributed by atoms with Gasteiger partial charge in [-0.15, -0.1) is 0 Å². The van der Waals surface area contributed by atoms with Crippen molar-refractivity contribution in [2.24, 2.45) is 0 Å². The fourth-order valence-corrected chi connectivity index (χ4v) is 3.45. The van der Waals surface area contributed by atoms with Crippen LogP contribution in [0.3, 0.4) is 0 Å². The zero-order chi connectivity index (χ0) is 32.9. The van der Waals surface area contributed by atoms with Gasteiger partial charge in [0.1, 0.15) is 0 Å². The summed E-state index contributed by atoms with van der Waals surface area (Å²) in [5, 5.41) is 9.63. The van der Waals surface area contributed by atoms with Crippen LogP contribution < -0.4 is 0 Å². The molecule has 3 rings (SSSR count). The first-order valence-electron chi connectivity index (χ1n) is 15.0. The van der Waals surface area contributed by atoms with Crippen LogP contribution in [-0.4, -0.2) is 42.8 Å². The van der Waals surface area contributed by atoms with E-state index in [-0.39, 0.29) is 12.6 Å². The van der Waals surface area contributed by atoms with E-state index in [2.05, 4.69) is 0 Å². The van der Waals surface area contributed by atoms with Crippen molar-refractivity contribution in [3.05, 3.63) is 106 Å². The van der Waals surface area contributed by atoms with Gasteiger partial charge in [0, 0.05) is 0 Å². The van der Waals surface area contributed by atoms with E-state index in [4.69, 9.17) is 14.2 Å². The average Bonchev–Trinajstić information content (AvgIpc) is 3.03. The molecular weight excluding hydrogens is 563 g/mol. The number of rotatable bonds is 12. The van der Waals surface area contributed by atoms with Crippen molar-refractivity contribution in [1.29, 1.82) is 0 Å². The van der Waals surface area contributed by atoms with Gasteiger partial charge in [0.25, 0.3) is 0 Å². The fourth-order valence-electron chi connectivity index (χ4n) is 3.45. The second-order valence-electron chi connectivity index (χ2n) is 10.3. The predicted molar refractivity (Wildman–Crippen MR) is 170 cm³/mol. The van der Waals surface area contributed by atoms with E-state index in [9.17, 15) is 23.9 Å². The van der Waals surface area contributed by atoms with Gasteiger partial charge in [0.2, 0.25) is 6.17 Å². The first-order chi connectivity index (χ1) is 21.0. The molecule has 0 unspecified atom stereocenters. The number of aliphatic hydroxyl groups excluding tert-OH is 1. The minimum absolute atomic E-state index is 0.143. The van der Waals surface area contributed by atoms with E-state index in [0.29, 0.717) is 37.2 Å². The minimum atomic E-state index is -1.67. The molecule has 0 fully saturated rings. The average molecular weight is 611 g/mol. The third-order valence-electron chi connectivity index (χ3n) is 6.03. The smallest absolute Gasteiger partial charge is 0.345 e. The third-order valence-corrected chi connectivity index (χ3v) is 6.03. The molecular formula is C36H47FO7. The highest BCUT2D eigenvalue weighted by atomic mass is 19.1. The number of hydrogen-bond donors (Lipinski definition) is 1. The highest BCUT2D eigenvalue weighted by Gasteiger charge is 2.20. The predicted octanol–water partition coefficient (Wildman–Crippen LogP) is 7.43. The molecule has 3 aromatic rings. The Kier molecular flexibility index (Phi) is 18.7. The molecule has 0 aromatic heterocycles. The van der Waals surface area contributed by atoms with Crippen molar-refractivity contribution in [3.8, 4) is 0 Å². The van der Waals surface area contributed by atoms with Crippen LogP contribution >= 0.6 is 0 Å². The maximum absolute atomic E-state index is 13.5. The fraction of sp³-hybridized carbons (Fsp3) is 0.417. The van der Waals surface area contributed by atoms with Gasteiger partial charge in [-0.3, -0.25) is 4.79 Å². The number of carbonyl (C=O) groups excluding carboxylic acids is 3. The molecule has 0 spiro atoms. The number of esters is 3. The molecule has 240 valence electrons. The Balaban J connectivity index is 0.000000330. The second kappa shape index (κ2) is 21.6. The second-order valence-corrected chi connectivity index (χ2v) is 10.3. The first kappa shape index (κ1) is 38.0. The molecule has 0 heterocycles. The van der Waals surface area contributed by atoms with Gasteiger partial charge in [-0.2, -0.15) is 0 Å². The van der Waals surface area contributed by atoms with Crippen LogP contribution in [0.1, 0.15) is 85.7 Å². The van der Waals surface area contributed by atoms with Crippen LogP contribution in [0.2, 0.25) is 0 Å². The number of benzene rings is 3. The Morgan fingerprint density at radius 2 is 1.00 bits per heavy atom. The molecule has 0 amide bonds. The van der Waals surface area contributed by atoms with Crippen molar-refractivity contribution >= 4 is 17.9 Å². The maximum atomic E-state index is 13.5. The molecule has 1 N–H and O–H groups in total. The summed E-state index contributed by atoms with van der Waals surface area (Å²) in [4.78, 5) is 33.7. The lowest BCUT2D eigenvalue weighted by Crippen LogP contribution is -2.15. The summed E-state index contributed by atoms with van der Waals surface area (Å²) in [6, 6.07) is 21.8. The number of aryl methyl sites for hydroxylation is 3. The number of alkyl halides is 1. The maximum Gasteiger partial charge on any atom is 0.345 e. The number of ether oxygens (including phenoxy) is 3. The van der Waals surface area contributed by atoms with E-state index in [1.807, 2.05) is 77.9 Å². The van der Waals surface area contributed by atoms with Gasteiger partial charge in [-0.25, -0.2) is 14.0 Å². The van der Waals surface area contributed by atoms with Gasteiger partial charge in [0.05, 0.1) is 26.2 Å². The van der Waals surface area contributed by atoms with Gasteiger partial charge < -0.3 is 19.3 Å². The molecule has 0 aliphatic rings. The Bertz CT molecular complexity index is 1170. The SMILES string of the molecule is CCCOC(=O)Cc1ccc(C)cc1.CCCOC(=O)[C@@H](O)c1ccc(C)cc1.CCCOC(=O)[C@H](F)c1ccc(C)cc1. The Labute approximate surface area is 261 Å². The van der Waals surface area contributed by atoms with E-state index in [1.54, 1.807) is 36.4 Å². The van der Waals surface area contributed by atoms with Crippen molar-refractivity contribution in [2.45, 2.75) is 79.5 Å². The summed E-state index contributed by atoms with van der Waals surface area (Å²) < 4.78 is 28.1. The molecule has 0 radical (unpaired) electrons.